The van der Waals surface area contributed by atoms with Crippen LogP contribution in [-0.4, -0.2) is 29.5 Å². The van der Waals surface area contributed by atoms with E-state index < -0.39 is 41.1 Å². The second-order valence-electron chi connectivity index (χ2n) is 7.56. The van der Waals surface area contributed by atoms with Crippen LogP contribution in [0.3, 0.4) is 0 Å². The van der Waals surface area contributed by atoms with Crippen molar-refractivity contribution >= 4 is 35.1 Å². The van der Waals surface area contributed by atoms with E-state index >= 15 is 0 Å². The Bertz CT molecular complexity index is 1020. The van der Waals surface area contributed by atoms with Gasteiger partial charge in [0.2, 0.25) is 5.91 Å². The van der Waals surface area contributed by atoms with Gasteiger partial charge in [-0.1, -0.05) is 23.2 Å². The normalized spacial score (nSPS) is 21.8. The number of urea groups is 1. The zero-order valence-corrected chi connectivity index (χ0v) is 17.4. The first-order valence-electron chi connectivity index (χ1n) is 9.35. The standard InChI is InChI=1S/C20H18Cl2F2N4O2/c1-9-12(22)2-3-15(26-9)20(4-5-20)28-19(30)27-17-11(8-25-18(17)29)16-13(23)6-10(21)7-14(16)24/h2-3,6-7,11,17H,4-5,8H2,1H3,(H,25,29)(H2,27,28,30)/t11-,17-/m0/s1. The first kappa shape index (κ1) is 20.8. The minimum atomic E-state index is -1.13. The summed E-state index contributed by atoms with van der Waals surface area (Å²) in [6.45, 7) is 1.76. The maximum atomic E-state index is 14.4. The SMILES string of the molecule is Cc1nc(C2(NC(=O)N[C@@H]3C(=O)NC[C@H]3c3c(F)cc(Cl)cc3F)CC2)ccc1Cl. The number of nitrogens with zero attached hydrogens (tertiary/aromatic N) is 1. The summed E-state index contributed by atoms with van der Waals surface area (Å²) < 4.78 is 28.7. The highest BCUT2D eigenvalue weighted by Gasteiger charge is 2.48. The van der Waals surface area contributed by atoms with Crippen molar-refractivity contribution < 1.29 is 18.4 Å². The lowest BCUT2D eigenvalue weighted by molar-refractivity contribution is -0.120. The Kier molecular flexibility index (Phi) is 5.32. The van der Waals surface area contributed by atoms with Gasteiger partial charge in [0.15, 0.2) is 0 Å². The van der Waals surface area contributed by atoms with Crippen LogP contribution in [0.4, 0.5) is 13.6 Å². The number of pyridine rings is 1. The summed E-state index contributed by atoms with van der Waals surface area (Å²) in [4.78, 5) is 29.4. The number of nitrogens with one attached hydrogen (secondary N) is 3. The van der Waals surface area contributed by atoms with Gasteiger partial charge in [-0.2, -0.15) is 0 Å². The number of aryl methyl sites for hydroxylation is 1. The first-order chi connectivity index (χ1) is 14.2. The lowest BCUT2D eigenvalue weighted by Gasteiger charge is -2.23. The molecule has 1 aromatic heterocycles. The highest BCUT2D eigenvalue weighted by Crippen LogP contribution is 2.45. The number of rotatable bonds is 4. The van der Waals surface area contributed by atoms with Gasteiger partial charge in [-0.25, -0.2) is 13.6 Å². The van der Waals surface area contributed by atoms with Crippen LogP contribution in [0.25, 0.3) is 0 Å². The van der Waals surface area contributed by atoms with Gasteiger partial charge in [0.25, 0.3) is 0 Å². The zero-order valence-electron chi connectivity index (χ0n) is 15.9. The van der Waals surface area contributed by atoms with Crippen molar-refractivity contribution in [2.24, 2.45) is 0 Å². The van der Waals surface area contributed by atoms with Gasteiger partial charge < -0.3 is 16.0 Å². The van der Waals surface area contributed by atoms with Gasteiger partial charge in [-0.3, -0.25) is 9.78 Å². The molecule has 1 aliphatic heterocycles. The minimum absolute atomic E-state index is 0.0116. The number of hydrogen-bond donors (Lipinski definition) is 3. The van der Waals surface area contributed by atoms with Gasteiger partial charge in [0.05, 0.1) is 21.9 Å². The molecule has 2 heterocycles. The summed E-state index contributed by atoms with van der Waals surface area (Å²) in [7, 11) is 0. The molecule has 1 aromatic carbocycles. The fourth-order valence-corrected chi connectivity index (χ4v) is 4.04. The van der Waals surface area contributed by atoms with Crippen LogP contribution >= 0.6 is 23.2 Å². The van der Waals surface area contributed by atoms with Gasteiger partial charge in [-0.05, 0) is 44.0 Å². The van der Waals surface area contributed by atoms with Gasteiger partial charge in [0, 0.05) is 23.0 Å². The third kappa shape index (κ3) is 3.81. The topological polar surface area (TPSA) is 83.1 Å². The van der Waals surface area contributed by atoms with Crippen LogP contribution in [0.2, 0.25) is 10.0 Å². The highest BCUT2D eigenvalue weighted by molar-refractivity contribution is 6.31. The molecule has 2 aliphatic rings. The van der Waals surface area contributed by atoms with E-state index in [1.165, 1.54) is 0 Å². The molecule has 1 aliphatic carbocycles. The van der Waals surface area contributed by atoms with E-state index in [2.05, 4.69) is 20.9 Å². The summed E-state index contributed by atoms with van der Waals surface area (Å²) in [5, 5.41) is 8.38. The molecule has 2 aromatic rings. The molecule has 3 N–H and O–H groups in total. The van der Waals surface area contributed by atoms with E-state index in [1.54, 1.807) is 19.1 Å². The number of benzene rings is 1. The van der Waals surface area contributed by atoms with Crippen LogP contribution in [0.1, 0.15) is 35.7 Å². The lowest BCUT2D eigenvalue weighted by Crippen LogP contribution is -2.50. The Balaban J connectivity index is 1.52. The molecule has 6 nitrogen and oxygen atoms in total. The van der Waals surface area contributed by atoms with Crippen LogP contribution in [-0.2, 0) is 10.3 Å². The van der Waals surface area contributed by atoms with Crippen molar-refractivity contribution in [1.29, 1.82) is 0 Å². The molecule has 0 spiro atoms. The van der Waals surface area contributed by atoms with Gasteiger partial charge in [-0.15, -0.1) is 0 Å². The Morgan fingerprint density at radius 1 is 1.23 bits per heavy atom. The summed E-state index contributed by atoms with van der Waals surface area (Å²) in [5.41, 5.74) is 0.369. The molecule has 4 rings (SSSR count). The third-order valence-electron chi connectivity index (χ3n) is 5.50. The average molecular weight is 455 g/mol. The largest absolute Gasteiger partial charge is 0.354 e. The Labute approximate surface area is 181 Å². The Morgan fingerprint density at radius 2 is 1.90 bits per heavy atom. The molecule has 2 fully saturated rings. The van der Waals surface area contributed by atoms with E-state index in [0.29, 0.717) is 29.3 Å². The predicted octanol–water partition coefficient (Wildman–Crippen LogP) is 3.55. The van der Waals surface area contributed by atoms with Crippen molar-refractivity contribution in [3.63, 3.8) is 0 Å². The van der Waals surface area contributed by atoms with E-state index in [4.69, 9.17) is 23.2 Å². The fraction of sp³-hybridized carbons (Fsp3) is 0.350. The van der Waals surface area contributed by atoms with Crippen molar-refractivity contribution in [2.75, 3.05) is 6.54 Å². The van der Waals surface area contributed by atoms with Gasteiger partial charge in [0.1, 0.15) is 17.7 Å². The second kappa shape index (κ2) is 7.67. The monoisotopic (exact) mass is 454 g/mol. The summed E-state index contributed by atoms with van der Waals surface area (Å²) in [6.07, 6.45) is 1.35. The number of aromatic nitrogens is 1. The van der Waals surface area contributed by atoms with Crippen LogP contribution in [0.15, 0.2) is 24.3 Å². The van der Waals surface area contributed by atoms with E-state index in [-0.39, 0.29) is 17.1 Å². The average Bonchev–Trinajstić information content (AvgIpc) is 3.36. The van der Waals surface area contributed by atoms with Crippen molar-refractivity contribution in [2.45, 2.75) is 37.3 Å². The lowest BCUT2D eigenvalue weighted by atomic mass is 9.93. The van der Waals surface area contributed by atoms with Crippen LogP contribution in [0, 0.1) is 18.6 Å². The van der Waals surface area contributed by atoms with E-state index in [0.717, 1.165) is 12.1 Å². The zero-order chi connectivity index (χ0) is 21.6. The van der Waals surface area contributed by atoms with Crippen LogP contribution < -0.4 is 16.0 Å². The van der Waals surface area contributed by atoms with E-state index in [9.17, 15) is 18.4 Å². The molecule has 30 heavy (non-hydrogen) atoms. The molecule has 3 amide bonds. The summed E-state index contributed by atoms with van der Waals surface area (Å²) in [6, 6.07) is 3.66. The second-order valence-corrected chi connectivity index (χ2v) is 8.40. The van der Waals surface area contributed by atoms with Crippen molar-refractivity contribution in [1.82, 2.24) is 20.9 Å². The van der Waals surface area contributed by atoms with E-state index in [1.807, 2.05) is 0 Å². The van der Waals surface area contributed by atoms with Gasteiger partial charge >= 0.3 is 6.03 Å². The minimum Gasteiger partial charge on any atom is -0.354 e. The maximum absolute atomic E-state index is 14.4. The quantitative estimate of drug-likeness (QED) is 0.660. The molecule has 0 unspecified atom stereocenters. The molecule has 0 bridgehead atoms. The molecule has 1 saturated carbocycles. The molecule has 158 valence electrons. The Morgan fingerprint density at radius 3 is 2.50 bits per heavy atom. The number of halogens is 4. The number of carbonyl (C=O) groups is 2. The summed E-state index contributed by atoms with van der Waals surface area (Å²) in [5.74, 6) is -3.16. The molecule has 10 heteroatoms. The molecular formula is C20H18Cl2F2N4O2. The summed E-state index contributed by atoms with van der Waals surface area (Å²) >= 11 is 11.7. The number of carbonyl (C=O) groups excluding carboxylic acids is 2. The number of hydrogen-bond acceptors (Lipinski definition) is 3. The van der Waals surface area contributed by atoms with Crippen molar-refractivity contribution in [3.8, 4) is 0 Å². The maximum Gasteiger partial charge on any atom is 0.316 e. The van der Waals surface area contributed by atoms with Crippen LogP contribution in [0.5, 0.6) is 0 Å². The first-order valence-corrected chi connectivity index (χ1v) is 10.1. The predicted molar refractivity (Wildman–Crippen MR) is 107 cm³/mol. The molecule has 1 saturated heterocycles. The molecular weight excluding hydrogens is 437 g/mol. The fourth-order valence-electron chi connectivity index (χ4n) is 3.74. The Hall–Kier alpha value is -2.45. The number of amides is 3. The molecule has 2 atom stereocenters. The molecule has 0 radical (unpaired) electrons. The third-order valence-corrected chi connectivity index (χ3v) is 6.11. The van der Waals surface area contributed by atoms with Crippen molar-refractivity contribution in [3.05, 3.63) is 62.9 Å². The highest BCUT2D eigenvalue weighted by atomic mass is 35.5. The smallest absolute Gasteiger partial charge is 0.316 e.